The highest BCUT2D eigenvalue weighted by Gasteiger charge is 1.95. The molecule has 0 spiro atoms. The van der Waals surface area contributed by atoms with E-state index in [-0.39, 0.29) is 5.43 Å². The van der Waals surface area contributed by atoms with Gasteiger partial charge < -0.3 is 10.3 Å². The summed E-state index contributed by atoms with van der Waals surface area (Å²) in [4.78, 5) is 11.5. The van der Waals surface area contributed by atoms with Crippen LogP contribution in [0, 0.1) is 6.92 Å². The number of aryl methyl sites for hydroxylation is 2. The number of thiocarbonyl (C=S) groups is 1. The highest BCUT2D eigenvalue weighted by Crippen LogP contribution is 1.93. The van der Waals surface area contributed by atoms with Gasteiger partial charge in [0.15, 0.2) is 5.43 Å². The van der Waals surface area contributed by atoms with Gasteiger partial charge >= 0.3 is 0 Å². The number of aromatic nitrogens is 1. The van der Waals surface area contributed by atoms with Crippen molar-refractivity contribution in [2.75, 3.05) is 0 Å². The molecule has 0 aromatic carbocycles. The Kier molecular flexibility index (Phi) is 3.19. The van der Waals surface area contributed by atoms with Crippen LogP contribution in [-0.4, -0.2) is 9.56 Å². The third-order valence-electron chi connectivity index (χ3n) is 1.78. The van der Waals surface area contributed by atoms with Gasteiger partial charge in [-0.2, -0.15) is 0 Å². The number of hydrogen-bond acceptors (Lipinski definition) is 2. The highest BCUT2D eigenvalue weighted by molar-refractivity contribution is 7.80. The third-order valence-corrected chi connectivity index (χ3v) is 1.99. The van der Waals surface area contributed by atoms with Gasteiger partial charge in [0.05, 0.1) is 4.99 Å². The van der Waals surface area contributed by atoms with Crippen LogP contribution in [0.25, 0.3) is 0 Å². The Balaban J connectivity index is 2.74. The zero-order valence-corrected chi connectivity index (χ0v) is 8.30. The molecule has 0 unspecified atom stereocenters. The number of hydrogen-bond donors (Lipinski definition) is 1. The van der Waals surface area contributed by atoms with Crippen molar-refractivity contribution in [2.24, 2.45) is 5.73 Å². The van der Waals surface area contributed by atoms with Crippen molar-refractivity contribution in [3.05, 3.63) is 34.2 Å². The first-order chi connectivity index (χ1) is 6.09. The monoisotopic (exact) mass is 196 g/mol. The Morgan fingerprint density at radius 1 is 1.69 bits per heavy atom. The van der Waals surface area contributed by atoms with Crippen LogP contribution in [0.2, 0.25) is 0 Å². The summed E-state index contributed by atoms with van der Waals surface area (Å²) in [5.74, 6) is 0. The molecular weight excluding hydrogens is 184 g/mol. The Bertz CT molecular complexity index is 370. The lowest BCUT2D eigenvalue weighted by atomic mass is 10.3. The van der Waals surface area contributed by atoms with E-state index in [1.54, 1.807) is 25.4 Å². The first-order valence-electron chi connectivity index (χ1n) is 4.04. The summed E-state index contributed by atoms with van der Waals surface area (Å²) < 4.78 is 1.91. The van der Waals surface area contributed by atoms with E-state index in [9.17, 15) is 4.79 Å². The lowest BCUT2D eigenvalue weighted by Crippen LogP contribution is -2.14. The van der Waals surface area contributed by atoms with Gasteiger partial charge in [-0.25, -0.2) is 0 Å². The standard InChI is InChI=1S/C9H12N2OS/c1-7-6-11(4-2-8(7)12)5-3-9(10)13/h2,4,6H,3,5H2,1H3,(H2,10,13). The van der Waals surface area contributed by atoms with Gasteiger partial charge in [-0.3, -0.25) is 4.79 Å². The van der Waals surface area contributed by atoms with Crippen molar-refractivity contribution in [2.45, 2.75) is 19.9 Å². The van der Waals surface area contributed by atoms with E-state index in [2.05, 4.69) is 0 Å². The lowest BCUT2D eigenvalue weighted by molar-refractivity contribution is 0.715. The molecule has 0 aliphatic carbocycles. The molecule has 0 saturated heterocycles. The summed E-state index contributed by atoms with van der Waals surface area (Å²) in [6.45, 7) is 2.52. The van der Waals surface area contributed by atoms with Crippen LogP contribution in [0.3, 0.4) is 0 Å². The fourth-order valence-electron chi connectivity index (χ4n) is 1.03. The molecule has 1 heterocycles. The predicted molar refractivity (Wildman–Crippen MR) is 56.8 cm³/mol. The summed E-state index contributed by atoms with van der Waals surface area (Å²) in [5.41, 5.74) is 6.17. The smallest absolute Gasteiger partial charge is 0.184 e. The number of nitrogens with two attached hydrogens (primary N) is 1. The second kappa shape index (κ2) is 4.18. The van der Waals surface area contributed by atoms with Crippen molar-refractivity contribution < 1.29 is 0 Å². The van der Waals surface area contributed by atoms with E-state index in [0.29, 0.717) is 11.4 Å². The maximum Gasteiger partial charge on any atom is 0.184 e. The normalized spacial score (nSPS) is 9.92. The molecule has 4 heteroatoms. The molecule has 0 bridgehead atoms. The summed E-state index contributed by atoms with van der Waals surface area (Å²) >= 11 is 4.76. The minimum atomic E-state index is 0.0616. The quantitative estimate of drug-likeness (QED) is 0.728. The zero-order valence-electron chi connectivity index (χ0n) is 7.49. The molecule has 3 nitrogen and oxygen atoms in total. The highest BCUT2D eigenvalue weighted by atomic mass is 32.1. The van der Waals surface area contributed by atoms with E-state index < -0.39 is 0 Å². The van der Waals surface area contributed by atoms with Crippen LogP contribution in [0.1, 0.15) is 12.0 Å². The Labute approximate surface area is 82.2 Å². The molecule has 0 fully saturated rings. The van der Waals surface area contributed by atoms with Gasteiger partial charge in [-0.1, -0.05) is 12.2 Å². The maximum absolute atomic E-state index is 11.0. The number of nitrogens with zero attached hydrogens (tertiary/aromatic N) is 1. The molecule has 1 aromatic rings. The predicted octanol–water partition coefficient (Wildman–Crippen LogP) is 0.833. The van der Waals surface area contributed by atoms with Gasteiger partial charge in [0.25, 0.3) is 0 Å². The molecule has 0 saturated carbocycles. The minimum Gasteiger partial charge on any atom is -0.393 e. The molecule has 0 amide bonds. The molecule has 1 aromatic heterocycles. The Hall–Kier alpha value is -1.16. The molecule has 0 aliphatic rings. The maximum atomic E-state index is 11.0. The minimum absolute atomic E-state index is 0.0616. The average molecular weight is 196 g/mol. The average Bonchev–Trinajstić information content (AvgIpc) is 2.07. The van der Waals surface area contributed by atoms with Gasteiger partial charge in [-0.15, -0.1) is 0 Å². The molecule has 70 valence electrons. The van der Waals surface area contributed by atoms with E-state index in [1.807, 2.05) is 4.57 Å². The third kappa shape index (κ3) is 2.99. The van der Waals surface area contributed by atoms with Crippen LogP contribution in [0.15, 0.2) is 23.3 Å². The van der Waals surface area contributed by atoms with Crippen molar-refractivity contribution in [1.82, 2.24) is 4.57 Å². The van der Waals surface area contributed by atoms with Crippen LogP contribution in [0.5, 0.6) is 0 Å². The van der Waals surface area contributed by atoms with Crippen LogP contribution in [-0.2, 0) is 6.54 Å². The molecule has 0 radical (unpaired) electrons. The molecule has 2 N–H and O–H groups in total. The topological polar surface area (TPSA) is 48.0 Å². The molecular formula is C9H12N2OS. The molecule has 0 aliphatic heterocycles. The SMILES string of the molecule is Cc1cn(CCC(N)=S)ccc1=O. The first kappa shape index (κ1) is 9.92. The number of pyridine rings is 1. The zero-order chi connectivity index (χ0) is 9.84. The van der Waals surface area contributed by atoms with E-state index in [1.165, 1.54) is 0 Å². The molecule has 1 rings (SSSR count). The summed E-state index contributed by atoms with van der Waals surface area (Å²) in [6.07, 6.45) is 4.21. The molecule has 13 heavy (non-hydrogen) atoms. The van der Waals surface area contributed by atoms with Gasteiger partial charge in [0, 0.05) is 37.0 Å². The van der Waals surface area contributed by atoms with Gasteiger partial charge in [-0.05, 0) is 6.92 Å². The second-order valence-electron chi connectivity index (χ2n) is 2.95. The lowest BCUT2D eigenvalue weighted by Gasteiger charge is -2.05. The van der Waals surface area contributed by atoms with Crippen LogP contribution in [0.4, 0.5) is 0 Å². The summed E-state index contributed by atoms with van der Waals surface area (Å²) in [6, 6.07) is 1.55. The van der Waals surface area contributed by atoms with Crippen molar-refractivity contribution >= 4 is 17.2 Å². The van der Waals surface area contributed by atoms with Gasteiger partial charge in [0.1, 0.15) is 0 Å². The van der Waals surface area contributed by atoms with Crippen molar-refractivity contribution in [3.63, 3.8) is 0 Å². The largest absolute Gasteiger partial charge is 0.393 e. The number of rotatable bonds is 3. The second-order valence-corrected chi connectivity index (χ2v) is 3.47. The van der Waals surface area contributed by atoms with Crippen LogP contribution < -0.4 is 11.2 Å². The van der Waals surface area contributed by atoms with Crippen LogP contribution >= 0.6 is 12.2 Å². The van der Waals surface area contributed by atoms with Crippen molar-refractivity contribution in [3.8, 4) is 0 Å². The van der Waals surface area contributed by atoms with E-state index in [0.717, 1.165) is 12.1 Å². The Morgan fingerprint density at radius 3 is 2.92 bits per heavy atom. The molecule has 0 atom stereocenters. The van der Waals surface area contributed by atoms with E-state index in [4.69, 9.17) is 18.0 Å². The van der Waals surface area contributed by atoms with E-state index >= 15 is 0 Å². The summed E-state index contributed by atoms with van der Waals surface area (Å²) in [7, 11) is 0. The van der Waals surface area contributed by atoms with Crippen molar-refractivity contribution in [1.29, 1.82) is 0 Å². The Morgan fingerprint density at radius 2 is 2.38 bits per heavy atom. The fourth-order valence-corrected chi connectivity index (χ4v) is 1.12. The first-order valence-corrected chi connectivity index (χ1v) is 4.45. The summed E-state index contributed by atoms with van der Waals surface area (Å²) in [5, 5.41) is 0. The fraction of sp³-hybridized carbons (Fsp3) is 0.333. The van der Waals surface area contributed by atoms with Gasteiger partial charge in [0.2, 0.25) is 0 Å².